The number of piperazine rings is 1. The Bertz CT molecular complexity index is 494. The summed E-state index contributed by atoms with van der Waals surface area (Å²) < 4.78 is 16.5. The summed E-state index contributed by atoms with van der Waals surface area (Å²) in [5.74, 6) is 2.07. The number of benzene rings is 1. The third-order valence-corrected chi connectivity index (χ3v) is 4.34. The van der Waals surface area contributed by atoms with Crippen LogP contribution in [0.4, 0.5) is 0 Å². The Morgan fingerprint density at radius 1 is 0.957 bits per heavy atom. The van der Waals surface area contributed by atoms with Crippen LogP contribution in [0.1, 0.15) is 32.4 Å². The van der Waals surface area contributed by atoms with Crippen molar-refractivity contribution in [1.82, 2.24) is 10.2 Å². The van der Waals surface area contributed by atoms with Crippen LogP contribution >= 0.6 is 0 Å². The van der Waals surface area contributed by atoms with Gasteiger partial charge < -0.3 is 19.5 Å². The first-order valence-corrected chi connectivity index (χ1v) is 8.17. The van der Waals surface area contributed by atoms with Crippen molar-refractivity contribution in [3.05, 3.63) is 17.7 Å². The zero-order valence-electron chi connectivity index (χ0n) is 15.2. The topological polar surface area (TPSA) is 43.0 Å². The van der Waals surface area contributed by atoms with Gasteiger partial charge in [0.2, 0.25) is 5.75 Å². The van der Waals surface area contributed by atoms with Gasteiger partial charge in [0.25, 0.3) is 0 Å². The van der Waals surface area contributed by atoms with E-state index in [0.717, 1.165) is 26.2 Å². The molecule has 130 valence electrons. The van der Waals surface area contributed by atoms with E-state index >= 15 is 0 Å². The molecule has 5 heteroatoms. The fraction of sp³-hybridized carbons (Fsp3) is 0.667. The van der Waals surface area contributed by atoms with Crippen LogP contribution in [0.15, 0.2) is 12.1 Å². The van der Waals surface area contributed by atoms with Gasteiger partial charge in [-0.1, -0.05) is 20.8 Å². The van der Waals surface area contributed by atoms with Crippen LogP contribution in [0, 0.1) is 5.41 Å². The average Bonchev–Trinajstić information content (AvgIpc) is 2.53. The van der Waals surface area contributed by atoms with Crippen molar-refractivity contribution in [1.29, 1.82) is 0 Å². The van der Waals surface area contributed by atoms with E-state index in [1.54, 1.807) is 21.3 Å². The predicted octanol–water partition coefficient (Wildman–Crippen LogP) is 2.70. The lowest BCUT2D eigenvalue weighted by Crippen LogP contribution is -2.48. The minimum atomic E-state index is 0.0992. The number of methoxy groups -OCH3 is 3. The molecule has 0 radical (unpaired) electrons. The van der Waals surface area contributed by atoms with Crippen molar-refractivity contribution in [2.24, 2.45) is 5.41 Å². The summed E-state index contributed by atoms with van der Waals surface area (Å²) in [6.07, 6.45) is 0. The van der Waals surface area contributed by atoms with Gasteiger partial charge >= 0.3 is 0 Å². The van der Waals surface area contributed by atoms with Crippen molar-refractivity contribution < 1.29 is 14.2 Å². The minimum absolute atomic E-state index is 0.0992. The van der Waals surface area contributed by atoms with Crippen molar-refractivity contribution in [2.45, 2.75) is 26.8 Å². The summed E-state index contributed by atoms with van der Waals surface area (Å²) >= 11 is 0. The molecular formula is C18H30N2O3. The summed E-state index contributed by atoms with van der Waals surface area (Å²) in [6, 6.07) is 4.46. The van der Waals surface area contributed by atoms with Gasteiger partial charge in [-0.05, 0) is 23.1 Å². The molecule has 1 saturated heterocycles. The number of rotatable bonds is 5. The molecule has 1 fully saturated rings. The highest BCUT2D eigenvalue weighted by Crippen LogP contribution is 2.45. The molecule has 0 spiro atoms. The smallest absolute Gasteiger partial charge is 0.203 e. The molecule has 1 N–H and O–H groups in total. The monoisotopic (exact) mass is 322 g/mol. The summed E-state index contributed by atoms with van der Waals surface area (Å²) in [5.41, 5.74) is 1.30. The van der Waals surface area contributed by atoms with Gasteiger partial charge in [-0.15, -0.1) is 0 Å². The first kappa shape index (κ1) is 17.9. The van der Waals surface area contributed by atoms with Crippen LogP contribution in [-0.4, -0.2) is 52.4 Å². The van der Waals surface area contributed by atoms with E-state index in [9.17, 15) is 0 Å². The van der Waals surface area contributed by atoms with Crippen molar-refractivity contribution >= 4 is 0 Å². The second-order valence-corrected chi connectivity index (χ2v) is 7.01. The highest BCUT2D eigenvalue weighted by Gasteiger charge is 2.34. The van der Waals surface area contributed by atoms with Gasteiger partial charge in [-0.3, -0.25) is 4.90 Å². The van der Waals surface area contributed by atoms with Gasteiger partial charge in [-0.25, -0.2) is 0 Å². The molecule has 1 atom stereocenters. The zero-order valence-corrected chi connectivity index (χ0v) is 15.2. The molecule has 0 aliphatic carbocycles. The molecule has 0 bridgehead atoms. The maximum absolute atomic E-state index is 5.53. The second kappa shape index (κ2) is 7.41. The Kier molecular flexibility index (Phi) is 5.76. The Morgan fingerprint density at radius 2 is 1.48 bits per heavy atom. The van der Waals surface area contributed by atoms with E-state index in [1.165, 1.54) is 5.56 Å². The SMILES string of the molecule is COc1cc([C@H](N2CCNCC2)C(C)(C)C)cc(OC)c1OC. The number of ether oxygens (including phenoxy) is 3. The first-order valence-electron chi connectivity index (χ1n) is 8.17. The molecule has 1 aliphatic heterocycles. The molecule has 1 heterocycles. The zero-order chi connectivity index (χ0) is 17.0. The number of hydrogen-bond donors (Lipinski definition) is 1. The molecule has 2 rings (SSSR count). The van der Waals surface area contributed by atoms with Gasteiger partial charge in [0.1, 0.15) is 0 Å². The summed E-state index contributed by atoms with van der Waals surface area (Å²) in [7, 11) is 4.97. The lowest BCUT2D eigenvalue weighted by molar-refractivity contribution is 0.0858. The highest BCUT2D eigenvalue weighted by molar-refractivity contribution is 5.54. The fourth-order valence-electron chi connectivity index (χ4n) is 3.46. The summed E-state index contributed by atoms with van der Waals surface area (Å²) in [4.78, 5) is 2.54. The minimum Gasteiger partial charge on any atom is -0.493 e. The lowest BCUT2D eigenvalue weighted by Gasteiger charge is -2.42. The maximum Gasteiger partial charge on any atom is 0.203 e. The van der Waals surface area contributed by atoms with E-state index in [-0.39, 0.29) is 5.41 Å². The number of nitrogens with one attached hydrogen (secondary N) is 1. The Labute approximate surface area is 139 Å². The molecule has 0 aromatic heterocycles. The number of nitrogens with zero attached hydrogens (tertiary/aromatic N) is 1. The standard InChI is InChI=1S/C18H30N2O3/c1-18(2,3)17(20-9-7-19-8-10-20)13-11-14(21-4)16(23-6)15(12-13)22-5/h11-12,17,19H,7-10H2,1-6H3/t17-/m0/s1. The van der Waals surface area contributed by atoms with Gasteiger partial charge in [0.15, 0.2) is 11.5 Å². The Morgan fingerprint density at radius 3 is 1.87 bits per heavy atom. The van der Waals surface area contributed by atoms with Crippen LogP contribution in [0.2, 0.25) is 0 Å². The molecule has 1 aliphatic rings. The quantitative estimate of drug-likeness (QED) is 0.903. The number of hydrogen-bond acceptors (Lipinski definition) is 5. The maximum atomic E-state index is 5.53. The van der Waals surface area contributed by atoms with Crippen molar-refractivity contribution in [2.75, 3.05) is 47.5 Å². The average molecular weight is 322 g/mol. The predicted molar refractivity (Wildman–Crippen MR) is 92.7 cm³/mol. The fourth-order valence-corrected chi connectivity index (χ4v) is 3.46. The van der Waals surface area contributed by atoms with E-state index in [4.69, 9.17) is 14.2 Å². The molecule has 0 saturated carbocycles. The molecule has 0 unspecified atom stereocenters. The highest BCUT2D eigenvalue weighted by atomic mass is 16.5. The second-order valence-electron chi connectivity index (χ2n) is 7.01. The first-order chi connectivity index (χ1) is 10.9. The molecule has 23 heavy (non-hydrogen) atoms. The lowest BCUT2D eigenvalue weighted by atomic mass is 9.80. The Hall–Kier alpha value is -1.46. The van der Waals surface area contributed by atoms with E-state index in [2.05, 4.69) is 43.1 Å². The van der Waals surface area contributed by atoms with E-state index in [0.29, 0.717) is 23.3 Å². The Balaban J connectivity index is 2.49. The molecule has 1 aromatic rings. The van der Waals surface area contributed by atoms with Crippen molar-refractivity contribution in [3.63, 3.8) is 0 Å². The van der Waals surface area contributed by atoms with Crippen LogP contribution in [0.3, 0.4) is 0 Å². The van der Waals surface area contributed by atoms with E-state index in [1.807, 2.05) is 0 Å². The van der Waals surface area contributed by atoms with Gasteiger partial charge in [-0.2, -0.15) is 0 Å². The normalized spacial score (nSPS) is 17.7. The van der Waals surface area contributed by atoms with Crippen LogP contribution in [0.5, 0.6) is 17.2 Å². The molecule has 5 nitrogen and oxygen atoms in total. The van der Waals surface area contributed by atoms with Crippen molar-refractivity contribution in [3.8, 4) is 17.2 Å². The largest absolute Gasteiger partial charge is 0.493 e. The molecular weight excluding hydrogens is 292 g/mol. The van der Waals surface area contributed by atoms with Crippen LogP contribution in [-0.2, 0) is 0 Å². The van der Waals surface area contributed by atoms with Gasteiger partial charge in [0, 0.05) is 32.2 Å². The third kappa shape index (κ3) is 3.90. The molecule has 1 aromatic carbocycles. The third-order valence-electron chi connectivity index (χ3n) is 4.34. The van der Waals surface area contributed by atoms with Crippen LogP contribution in [0.25, 0.3) is 0 Å². The summed E-state index contributed by atoms with van der Waals surface area (Å²) in [6.45, 7) is 11.0. The van der Waals surface area contributed by atoms with Gasteiger partial charge in [0.05, 0.1) is 21.3 Å². The van der Waals surface area contributed by atoms with Crippen LogP contribution < -0.4 is 19.5 Å². The summed E-state index contributed by atoms with van der Waals surface area (Å²) in [5, 5.41) is 3.42. The van der Waals surface area contributed by atoms with E-state index < -0.39 is 0 Å². The molecule has 0 amide bonds.